The summed E-state index contributed by atoms with van der Waals surface area (Å²) in [7, 11) is 0. The standard InChI is InChI=1S/C13H18N2O2/c1-13(2)10-15(9-8-14-13)17-12(16)11-6-4-3-5-7-11/h3-7,14H,8-10H2,1-2H3. The molecule has 0 bridgehead atoms. The molecule has 0 unspecified atom stereocenters. The van der Waals surface area contributed by atoms with Crippen LogP contribution in [0.4, 0.5) is 0 Å². The van der Waals surface area contributed by atoms with E-state index < -0.39 is 0 Å². The Balaban J connectivity index is 1.95. The Hall–Kier alpha value is -1.39. The van der Waals surface area contributed by atoms with Gasteiger partial charge in [0, 0.05) is 18.6 Å². The lowest BCUT2D eigenvalue weighted by atomic mass is 10.0. The van der Waals surface area contributed by atoms with Crippen LogP contribution in [0.5, 0.6) is 0 Å². The van der Waals surface area contributed by atoms with Crippen LogP contribution in [-0.4, -0.2) is 36.2 Å². The molecule has 0 aromatic heterocycles. The van der Waals surface area contributed by atoms with Crippen molar-refractivity contribution in [3.05, 3.63) is 35.9 Å². The topological polar surface area (TPSA) is 41.6 Å². The highest BCUT2D eigenvalue weighted by Crippen LogP contribution is 2.12. The van der Waals surface area contributed by atoms with E-state index in [1.54, 1.807) is 17.2 Å². The van der Waals surface area contributed by atoms with Crippen LogP contribution in [0, 0.1) is 0 Å². The highest BCUT2D eigenvalue weighted by atomic mass is 16.7. The van der Waals surface area contributed by atoms with Gasteiger partial charge >= 0.3 is 5.97 Å². The van der Waals surface area contributed by atoms with Crippen molar-refractivity contribution in [1.29, 1.82) is 0 Å². The van der Waals surface area contributed by atoms with E-state index >= 15 is 0 Å². The fourth-order valence-corrected chi connectivity index (χ4v) is 1.92. The molecule has 4 heteroatoms. The summed E-state index contributed by atoms with van der Waals surface area (Å²) in [6, 6.07) is 9.06. The van der Waals surface area contributed by atoms with Gasteiger partial charge in [0.15, 0.2) is 0 Å². The molecule has 0 radical (unpaired) electrons. The van der Waals surface area contributed by atoms with E-state index in [0.29, 0.717) is 12.1 Å². The summed E-state index contributed by atoms with van der Waals surface area (Å²) >= 11 is 0. The van der Waals surface area contributed by atoms with Gasteiger partial charge in [-0.25, -0.2) is 4.79 Å². The Morgan fingerprint density at radius 1 is 1.35 bits per heavy atom. The van der Waals surface area contributed by atoms with E-state index in [1.807, 2.05) is 18.2 Å². The Morgan fingerprint density at radius 2 is 2.06 bits per heavy atom. The number of hydroxylamine groups is 2. The normalized spacial score (nSPS) is 19.9. The minimum absolute atomic E-state index is 0.0186. The zero-order valence-electron chi connectivity index (χ0n) is 10.3. The first kappa shape index (κ1) is 12.1. The van der Waals surface area contributed by atoms with Crippen LogP contribution < -0.4 is 5.32 Å². The number of hydrogen-bond donors (Lipinski definition) is 1. The van der Waals surface area contributed by atoms with Crippen LogP contribution in [0.1, 0.15) is 24.2 Å². The maximum Gasteiger partial charge on any atom is 0.357 e. The molecule has 4 nitrogen and oxygen atoms in total. The van der Waals surface area contributed by atoms with Crippen molar-refractivity contribution in [3.8, 4) is 0 Å². The molecule has 1 aliphatic rings. The lowest BCUT2D eigenvalue weighted by Gasteiger charge is -2.37. The summed E-state index contributed by atoms with van der Waals surface area (Å²) in [4.78, 5) is 17.2. The number of hydrogen-bond acceptors (Lipinski definition) is 4. The lowest BCUT2D eigenvalue weighted by Crippen LogP contribution is -2.57. The van der Waals surface area contributed by atoms with Gasteiger partial charge in [-0.15, -0.1) is 5.06 Å². The van der Waals surface area contributed by atoms with Gasteiger partial charge in [0.1, 0.15) is 0 Å². The van der Waals surface area contributed by atoms with E-state index in [4.69, 9.17) is 4.84 Å². The molecule has 1 N–H and O–H groups in total. The van der Waals surface area contributed by atoms with Gasteiger partial charge in [0.2, 0.25) is 0 Å². The summed E-state index contributed by atoms with van der Waals surface area (Å²) in [5.74, 6) is -0.289. The molecule has 0 saturated carbocycles. The highest BCUT2D eigenvalue weighted by Gasteiger charge is 2.28. The van der Waals surface area contributed by atoms with Gasteiger partial charge in [-0.1, -0.05) is 18.2 Å². The van der Waals surface area contributed by atoms with Crippen molar-refractivity contribution in [2.75, 3.05) is 19.6 Å². The molecule has 92 valence electrons. The molecule has 17 heavy (non-hydrogen) atoms. The van der Waals surface area contributed by atoms with E-state index in [9.17, 15) is 4.79 Å². The van der Waals surface area contributed by atoms with Crippen molar-refractivity contribution in [2.45, 2.75) is 19.4 Å². The molecule has 2 rings (SSSR count). The largest absolute Gasteiger partial charge is 0.364 e. The average Bonchev–Trinajstić information content (AvgIpc) is 2.29. The predicted molar refractivity (Wildman–Crippen MR) is 65.5 cm³/mol. The molecule has 0 aliphatic carbocycles. The van der Waals surface area contributed by atoms with Crippen molar-refractivity contribution in [2.24, 2.45) is 0 Å². The Kier molecular flexibility index (Phi) is 3.45. The van der Waals surface area contributed by atoms with Crippen molar-refractivity contribution < 1.29 is 9.63 Å². The molecule has 1 fully saturated rings. The third kappa shape index (κ3) is 3.28. The Bertz CT molecular complexity index is 390. The minimum atomic E-state index is -0.289. The van der Waals surface area contributed by atoms with Gasteiger partial charge in [-0.2, -0.15) is 0 Å². The summed E-state index contributed by atoms with van der Waals surface area (Å²) in [6.07, 6.45) is 0. The number of benzene rings is 1. The molecule has 0 spiro atoms. The molecule has 0 amide bonds. The molecular weight excluding hydrogens is 216 g/mol. The minimum Gasteiger partial charge on any atom is -0.364 e. The summed E-state index contributed by atoms with van der Waals surface area (Å²) in [5, 5.41) is 5.10. The first-order valence-corrected chi connectivity index (χ1v) is 5.84. The average molecular weight is 234 g/mol. The third-order valence-corrected chi connectivity index (χ3v) is 2.76. The van der Waals surface area contributed by atoms with Crippen LogP contribution in [0.2, 0.25) is 0 Å². The molecule has 1 aromatic rings. The fourth-order valence-electron chi connectivity index (χ4n) is 1.92. The maximum absolute atomic E-state index is 11.8. The zero-order valence-corrected chi connectivity index (χ0v) is 10.3. The van der Waals surface area contributed by atoms with Gasteiger partial charge in [-0.3, -0.25) is 0 Å². The highest BCUT2D eigenvalue weighted by molar-refractivity contribution is 5.89. The van der Waals surface area contributed by atoms with Crippen molar-refractivity contribution in [1.82, 2.24) is 10.4 Å². The van der Waals surface area contributed by atoms with Crippen LogP contribution in [0.15, 0.2) is 30.3 Å². The molecule has 0 atom stereocenters. The maximum atomic E-state index is 11.8. The number of piperazine rings is 1. The molecule has 1 aromatic carbocycles. The first-order valence-electron chi connectivity index (χ1n) is 5.84. The summed E-state index contributed by atoms with van der Waals surface area (Å²) < 4.78 is 0. The number of nitrogens with one attached hydrogen (secondary N) is 1. The van der Waals surface area contributed by atoms with E-state index in [0.717, 1.165) is 13.1 Å². The number of carbonyl (C=O) groups is 1. The molecule has 1 saturated heterocycles. The number of rotatable bonds is 2. The SMILES string of the molecule is CC1(C)CN(OC(=O)c2ccccc2)CCN1. The van der Waals surface area contributed by atoms with E-state index in [1.165, 1.54) is 0 Å². The second-order valence-electron chi connectivity index (χ2n) is 4.92. The Labute approximate surface area is 102 Å². The number of carbonyl (C=O) groups excluding carboxylic acids is 1. The van der Waals surface area contributed by atoms with Gasteiger partial charge < -0.3 is 10.2 Å². The smallest absolute Gasteiger partial charge is 0.357 e. The summed E-state index contributed by atoms with van der Waals surface area (Å²) in [6.45, 7) is 6.44. The quantitative estimate of drug-likeness (QED) is 0.840. The second kappa shape index (κ2) is 4.85. The number of nitrogens with zero attached hydrogens (tertiary/aromatic N) is 1. The van der Waals surface area contributed by atoms with Gasteiger partial charge in [-0.05, 0) is 26.0 Å². The van der Waals surface area contributed by atoms with Gasteiger partial charge in [0.05, 0.1) is 12.1 Å². The predicted octanol–water partition coefficient (Wildman–Crippen LogP) is 1.44. The fraction of sp³-hybridized carbons (Fsp3) is 0.462. The zero-order chi connectivity index (χ0) is 12.3. The van der Waals surface area contributed by atoms with Crippen LogP contribution >= 0.6 is 0 Å². The van der Waals surface area contributed by atoms with Crippen LogP contribution in [-0.2, 0) is 4.84 Å². The van der Waals surface area contributed by atoms with Crippen molar-refractivity contribution in [3.63, 3.8) is 0 Å². The summed E-state index contributed by atoms with van der Waals surface area (Å²) in [5.41, 5.74) is 0.568. The first-order chi connectivity index (χ1) is 8.07. The molecule has 1 aliphatic heterocycles. The van der Waals surface area contributed by atoms with Gasteiger partial charge in [0.25, 0.3) is 0 Å². The van der Waals surface area contributed by atoms with Crippen molar-refractivity contribution >= 4 is 5.97 Å². The molecular formula is C13H18N2O2. The lowest BCUT2D eigenvalue weighted by molar-refractivity contribution is -0.132. The third-order valence-electron chi connectivity index (χ3n) is 2.76. The van der Waals surface area contributed by atoms with E-state index in [2.05, 4.69) is 19.2 Å². The Morgan fingerprint density at radius 3 is 2.71 bits per heavy atom. The van der Waals surface area contributed by atoms with Crippen LogP contribution in [0.3, 0.4) is 0 Å². The second-order valence-corrected chi connectivity index (χ2v) is 4.92. The molecule has 1 heterocycles. The monoisotopic (exact) mass is 234 g/mol. The van der Waals surface area contributed by atoms with Crippen LogP contribution in [0.25, 0.3) is 0 Å². The van der Waals surface area contributed by atoms with E-state index in [-0.39, 0.29) is 11.5 Å².